The molecule has 1 aliphatic rings. The van der Waals surface area contributed by atoms with Gasteiger partial charge in [-0.25, -0.2) is 4.98 Å². The van der Waals surface area contributed by atoms with E-state index in [1.54, 1.807) is 17.4 Å². The molecule has 0 saturated carbocycles. The Labute approximate surface area is 94.7 Å². The number of aryl methyl sites for hydroxylation is 1. The minimum atomic E-state index is -0.634. The second kappa shape index (κ2) is 4.25. The molecule has 2 rings (SSSR count). The van der Waals surface area contributed by atoms with E-state index in [2.05, 4.69) is 4.98 Å². The Kier molecular flexibility index (Phi) is 2.96. The number of nitrogens with zero attached hydrogens (tertiary/aromatic N) is 3. The molecular weight excluding hydrogens is 206 g/mol. The third-order valence-electron chi connectivity index (χ3n) is 3.12. The summed E-state index contributed by atoms with van der Waals surface area (Å²) in [4.78, 5) is 17.3. The highest BCUT2D eigenvalue weighted by Gasteiger charge is 2.41. The number of carbonyl (C=O) groups excluding carboxylic acids is 1. The molecule has 0 atom stereocenters. The van der Waals surface area contributed by atoms with Crippen molar-refractivity contribution in [3.8, 4) is 0 Å². The van der Waals surface area contributed by atoms with Crippen molar-refractivity contribution in [1.29, 1.82) is 0 Å². The molecule has 1 amide bonds. The molecule has 1 fully saturated rings. The van der Waals surface area contributed by atoms with Crippen molar-refractivity contribution in [3.05, 3.63) is 18.7 Å². The Bertz CT molecular complexity index is 355. The fourth-order valence-electron chi connectivity index (χ4n) is 1.87. The number of aromatic nitrogens is 2. The van der Waals surface area contributed by atoms with Crippen LogP contribution in [0.3, 0.4) is 0 Å². The summed E-state index contributed by atoms with van der Waals surface area (Å²) in [6.07, 6.45) is 6.41. The Morgan fingerprint density at radius 3 is 2.88 bits per heavy atom. The smallest absolute Gasteiger partial charge is 0.224 e. The molecule has 1 aromatic rings. The molecule has 88 valence electrons. The van der Waals surface area contributed by atoms with Gasteiger partial charge in [-0.3, -0.25) is 4.79 Å². The zero-order chi connectivity index (χ0) is 11.6. The summed E-state index contributed by atoms with van der Waals surface area (Å²) in [7, 11) is 0. The number of imidazole rings is 1. The predicted molar refractivity (Wildman–Crippen MR) is 58.7 cm³/mol. The summed E-state index contributed by atoms with van der Waals surface area (Å²) in [5.74, 6) is 0.104. The van der Waals surface area contributed by atoms with Gasteiger partial charge in [0.25, 0.3) is 0 Å². The molecule has 0 radical (unpaired) electrons. The molecule has 1 N–H and O–H groups in total. The van der Waals surface area contributed by atoms with Gasteiger partial charge >= 0.3 is 0 Å². The molecule has 5 nitrogen and oxygen atoms in total. The van der Waals surface area contributed by atoms with Crippen LogP contribution in [-0.2, 0) is 11.3 Å². The van der Waals surface area contributed by atoms with E-state index in [0.717, 1.165) is 0 Å². The van der Waals surface area contributed by atoms with Crippen molar-refractivity contribution in [1.82, 2.24) is 14.5 Å². The average Bonchev–Trinajstić information content (AvgIpc) is 2.74. The Morgan fingerprint density at radius 2 is 2.31 bits per heavy atom. The van der Waals surface area contributed by atoms with Crippen molar-refractivity contribution in [3.63, 3.8) is 0 Å². The lowest BCUT2D eigenvalue weighted by Crippen LogP contribution is -2.63. The van der Waals surface area contributed by atoms with Gasteiger partial charge in [0.2, 0.25) is 5.91 Å². The maximum atomic E-state index is 11.7. The lowest BCUT2D eigenvalue weighted by molar-refractivity contribution is -0.155. The molecule has 0 unspecified atom stereocenters. The highest BCUT2D eigenvalue weighted by Crippen LogP contribution is 2.24. The van der Waals surface area contributed by atoms with Crippen LogP contribution < -0.4 is 0 Å². The molecule has 5 heteroatoms. The summed E-state index contributed by atoms with van der Waals surface area (Å²) in [6, 6.07) is 0. The number of hydrogen-bond donors (Lipinski definition) is 1. The van der Waals surface area contributed by atoms with E-state index in [0.29, 0.717) is 32.5 Å². The molecule has 0 aliphatic carbocycles. The molecule has 16 heavy (non-hydrogen) atoms. The van der Waals surface area contributed by atoms with E-state index in [-0.39, 0.29) is 5.91 Å². The van der Waals surface area contributed by atoms with E-state index >= 15 is 0 Å². The van der Waals surface area contributed by atoms with Crippen LogP contribution in [0.2, 0.25) is 0 Å². The SMILES string of the molecule is CCC1(O)CN(C(=O)CCn2ccnc2)C1. The highest BCUT2D eigenvalue weighted by molar-refractivity contribution is 5.77. The van der Waals surface area contributed by atoms with Crippen LogP contribution in [0, 0.1) is 0 Å². The fourth-order valence-corrected chi connectivity index (χ4v) is 1.87. The molecule has 1 aliphatic heterocycles. The maximum absolute atomic E-state index is 11.7. The lowest BCUT2D eigenvalue weighted by Gasteiger charge is -2.46. The van der Waals surface area contributed by atoms with Crippen LogP contribution in [-0.4, -0.2) is 44.2 Å². The van der Waals surface area contributed by atoms with Gasteiger partial charge in [-0.1, -0.05) is 6.92 Å². The fraction of sp³-hybridized carbons (Fsp3) is 0.636. The number of aliphatic hydroxyl groups is 1. The summed E-state index contributed by atoms with van der Waals surface area (Å²) in [5.41, 5.74) is -0.634. The topological polar surface area (TPSA) is 58.4 Å². The first-order valence-electron chi connectivity index (χ1n) is 5.59. The van der Waals surface area contributed by atoms with E-state index in [9.17, 15) is 9.90 Å². The number of hydrogen-bond acceptors (Lipinski definition) is 3. The number of amides is 1. The largest absolute Gasteiger partial charge is 0.386 e. The third-order valence-corrected chi connectivity index (χ3v) is 3.12. The minimum Gasteiger partial charge on any atom is -0.386 e. The standard InChI is InChI=1S/C11H17N3O2/c1-2-11(16)7-14(8-11)10(15)3-5-13-6-4-12-9-13/h4,6,9,16H,2-3,5,7-8H2,1H3. The van der Waals surface area contributed by atoms with Crippen molar-refractivity contribution in [2.45, 2.75) is 31.9 Å². The van der Waals surface area contributed by atoms with Crippen molar-refractivity contribution >= 4 is 5.91 Å². The van der Waals surface area contributed by atoms with Gasteiger partial charge in [-0.15, -0.1) is 0 Å². The molecular formula is C11H17N3O2. The maximum Gasteiger partial charge on any atom is 0.224 e. The number of β-amino-alcohol motifs (C(OH)–C–C–N with tert-alkyl or cyclic N) is 1. The van der Waals surface area contributed by atoms with Crippen molar-refractivity contribution in [2.24, 2.45) is 0 Å². The van der Waals surface area contributed by atoms with Gasteiger partial charge in [0, 0.05) is 25.4 Å². The van der Waals surface area contributed by atoms with Gasteiger partial charge in [0.1, 0.15) is 0 Å². The number of likely N-dealkylation sites (tertiary alicyclic amines) is 1. The Hall–Kier alpha value is -1.36. The Morgan fingerprint density at radius 1 is 1.56 bits per heavy atom. The van der Waals surface area contributed by atoms with Gasteiger partial charge in [-0.05, 0) is 6.42 Å². The van der Waals surface area contributed by atoms with Crippen molar-refractivity contribution < 1.29 is 9.90 Å². The van der Waals surface area contributed by atoms with Crippen LogP contribution in [0.5, 0.6) is 0 Å². The van der Waals surface area contributed by atoms with Gasteiger partial charge in [-0.2, -0.15) is 0 Å². The van der Waals surface area contributed by atoms with Gasteiger partial charge in [0.15, 0.2) is 0 Å². The molecule has 0 aromatic carbocycles. The van der Waals surface area contributed by atoms with E-state index in [1.165, 1.54) is 0 Å². The first-order valence-corrected chi connectivity index (χ1v) is 5.59. The highest BCUT2D eigenvalue weighted by atomic mass is 16.3. The first-order chi connectivity index (χ1) is 7.63. The predicted octanol–water partition coefficient (Wildman–Crippen LogP) is 0.256. The zero-order valence-electron chi connectivity index (χ0n) is 9.46. The quantitative estimate of drug-likeness (QED) is 0.796. The number of carbonyl (C=O) groups is 1. The molecule has 0 spiro atoms. The molecule has 2 heterocycles. The van der Waals surface area contributed by atoms with Crippen LogP contribution >= 0.6 is 0 Å². The Balaban J connectivity index is 1.74. The van der Waals surface area contributed by atoms with Gasteiger partial charge in [0.05, 0.1) is 25.0 Å². The van der Waals surface area contributed by atoms with Crippen LogP contribution in [0.15, 0.2) is 18.7 Å². The average molecular weight is 223 g/mol. The van der Waals surface area contributed by atoms with E-state index in [4.69, 9.17) is 0 Å². The van der Waals surface area contributed by atoms with Crippen LogP contribution in [0.25, 0.3) is 0 Å². The lowest BCUT2D eigenvalue weighted by atomic mass is 9.91. The van der Waals surface area contributed by atoms with Gasteiger partial charge < -0.3 is 14.6 Å². The zero-order valence-corrected chi connectivity index (χ0v) is 9.46. The number of rotatable bonds is 4. The normalized spacial score (nSPS) is 18.2. The first kappa shape index (κ1) is 11.1. The second-order valence-electron chi connectivity index (χ2n) is 4.38. The summed E-state index contributed by atoms with van der Waals surface area (Å²) >= 11 is 0. The molecule has 1 saturated heterocycles. The van der Waals surface area contributed by atoms with Crippen molar-refractivity contribution in [2.75, 3.05) is 13.1 Å². The van der Waals surface area contributed by atoms with E-state index < -0.39 is 5.60 Å². The van der Waals surface area contributed by atoms with Crippen LogP contribution in [0.1, 0.15) is 19.8 Å². The summed E-state index contributed by atoms with van der Waals surface area (Å²) < 4.78 is 1.88. The van der Waals surface area contributed by atoms with E-state index in [1.807, 2.05) is 17.7 Å². The second-order valence-corrected chi connectivity index (χ2v) is 4.38. The molecule has 0 bridgehead atoms. The third kappa shape index (κ3) is 2.24. The van der Waals surface area contributed by atoms with Crippen LogP contribution in [0.4, 0.5) is 0 Å². The minimum absolute atomic E-state index is 0.104. The molecule has 1 aromatic heterocycles. The summed E-state index contributed by atoms with van der Waals surface area (Å²) in [6.45, 7) is 3.55. The monoisotopic (exact) mass is 223 g/mol. The summed E-state index contributed by atoms with van der Waals surface area (Å²) in [5, 5.41) is 9.78.